The van der Waals surface area contributed by atoms with Gasteiger partial charge >= 0.3 is 0 Å². The number of carbonyl (C=O) groups excluding carboxylic acids is 1. The molecule has 22 heavy (non-hydrogen) atoms. The molecule has 3 rings (SSSR count). The number of carbonyl (C=O) groups is 1. The van der Waals surface area contributed by atoms with Crippen LogP contribution < -0.4 is 0 Å². The van der Waals surface area contributed by atoms with E-state index in [1.165, 1.54) is 4.90 Å². The smallest absolute Gasteiger partial charge is 0.239 e. The summed E-state index contributed by atoms with van der Waals surface area (Å²) in [6.45, 7) is 0.270. The van der Waals surface area contributed by atoms with Crippen LogP contribution in [0.3, 0.4) is 0 Å². The molecule has 0 radical (unpaired) electrons. The zero-order valence-electron chi connectivity index (χ0n) is 11.6. The minimum absolute atomic E-state index is 0.270. The lowest BCUT2D eigenvalue weighted by molar-refractivity contribution is -0.128. The maximum absolute atomic E-state index is 12.4. The van der Waals surface area contributed by atoms with Crippen LogP contribution in [-0.2, 0) is 21.2 Å². The first-order valence-corrected chi connectivity index (χ1v) is 8.87. The molecule has 2 aromatic rings. The van der Waals surface area contributed by atoms with Crippen LogP contribution in [0.25, 0.3) is 0 Å². The van der Waals surface area contributed by atoms with Crippen LogP contribution in [0.15, 0.2) is 54.6 Å². The molecule has 0 N–H and O–H groups in total. The first kappa shape index (κ1) is 15.1. The highest BCUT2D eigenvalue weighted by molar-refractivity contribution is 7.92. The zero-order chi connectivity index (χ0) is 15.7. The molecule has 1 fully saturated rings. The first-order chi connectivity index (χ1) is 10.5. The molecule has 1 atom stereocenters. The molecule has 1 saturated heterocycles. The molecule has 0 aliphatic carbocycles. The van der Waals surface area contributed by atoms with E-state index in [0.29, 0.717) is 10.6 Å². The number of hydrogen-bond acceptors (Lipinski definition) is 3. The van der Waals surface area contributed by atoms with Gasteiger partial charge in [-0.2, -0.15) is 0 Å². The van der Waals surface area contributed by atoms with E-state index in [9.17, 15) is 13.2 Å². The first-order valence-electron chi connectivity index (χ1n) is 6.78. The monoisotopic (exact) mass is 335 g/mol. The molecular weight excluding hydrogens is 322 g/mol. The molecule has 2 aromatic carbocycles. The lowest BCUT2D eigenvalue weighted by Crippen LogP contribution is -2.28. The number of nitrogens with zero attached hydrogens (tertiary/aromatic N) is 1. The highest BCUT2D eigenvalue weighted by atomic mass is 35.5. The number of sulfone groups is 1. The molecule has 0 saturated carbocycles. The van der Waals surface area contributed by atoms with Gasteiger partial charge in [-0.25, -0.2) is 8.42 Å². The Bertz CT molecular complexity index is 788. The summed E-state index contributed by atoms with van der Waals surface area (Å²) in [6, 6.07) is 15.9. The number of rotatable bonds is 3. The summed E-state index contributed by atoms with van der Waals surface area (Å²) in [5.74, 6) is -0.823. The predicted octanol–water partition coefficient (Wildman–Crippen LogP) is 2.80. The Balaban J connectivity index is 1.99. The minimum Gasteiger partial charge on any atom is -0.317 e. The molecule has 1 unspecified atom stereocenters. The van der Waals surface area contributed by atoms with Crippen molar-refractivity contribution in [3.63, 3.8) is 0 Å². The summed E-state index contributed by atoms with van der Waals surface area (Å²) in [5, 5.41) is -0.419. The van der Waals surface area contributed by atoms with Gasteiger partial charge in [-0.1, -0.05) is 54.1 Å². The molecule has 6 heteroatoms. The number of halogens is 1. The second kappa shape index (κ2) is 5.74. The van der Waals surface area contributed by atoms with Crippen LogP contribution in [0, 0.1) is 0 Å². The van der Waals surface area contributed by atoms with Crippen LogP contribution in [0.5, 0.6) is 0 Å². The van der Waals surface area contributed by atoms with Crippen molar-refractivity contribution >= 4 is 27.3 Å². The van der Waals surface area contributed by atoms with Gasteiger partial charge in [0.25, 0.3) is 0 Å². The summed E-state index contributed by atoms with van der Waals surface area (Å²) in [5.41, 5.74) is 1.46. The molecule has 0 bridgehead atoms. The highest BCUT2D eigenvalue weighted by Gasteiger charge is 2.44. The maximum Gasteiger partial charge on any atom is 0.239 e. The fourth-order valence-electron chi connectivity index (χ4n) is 2.62. The second-order valence-electron chi connectivity index (χ2n) is 5.22. The van der Waals surface area contributed by atoms with E-state index in [-0.39, 0.29) is 12.5 Å². The van der Waals surface area contributed by atoms with E-state index in [4.69, 9.17) is 11.6 Å². The quantitative estimate of drug-likeness (QED) is 0.866. The van der Waals surface area contributed by atoms with Gasteiger partial charge < -0.3 is 4.90 Å². The minimum atomic E-state index is -3.54. The number of amides is 1. The van der Waals surface area contributed by atoms with Gasteiger partial charge in [-0.15, -0.1) is 0 Å². The molecule has 0 aromatic heterocycles. The van der Waals surface area contributed by atoms with Gasteiger partial charge in [0, 0.05) is 11.6 Å². The fourth-order valence-corrected chi connectivity index (χ4v) is 4.57. The Kier molecular flexibility index (Phi) is 3.93. The van der Waals surface area contributed by atoms with Gasteiger partial charge in [-0.05, 0) is 23.3 Å². The number of benzene rings is 2. The normalized spacial score (nSPS) is 20.3. The van der Waals surface area contributed by atoms with Crippen molar-refractivity contribution in [3.8, 4) is 0 Å². The van der Waals surface area contributed by atoms with E-state index in [0.717, 1.165) is 5.56 Å². The lowest BCUT2D eigenvalue weighted by atomic mass is 10.1. The van der Waals surface area contributed by atoms with Gasteiger partial charge in [0.15, 0.2) is 15.2 Å². The van der Waals surface area contributed by atoms with Gasteiger partial charge in [-0.3, -0.25) is 4.79 Å². The molecule has 4 nitrogen and oxygen atoms in total. The van der Waals surface area contributed by atoms with Gasteiger partial charge in [0.05, 0.1) is 0 Å². The fraction of sp³-hybridized carbons (Fsp3) is 0.188. The summed E-state index contributed by atoms with van der Waals surface area (Å²) >= 11 is 5.85. The van der Waals surface area contributed by atoms with Crippen molar-refractivity contribution < 1.29 is 13.2 Å². The highest BCUT2D eigenvalue weighted by Crippen LogP contribution is 2.35. The molecule has 114 valence electrons. The average Bonchev–Trinajstić information content (AvgIpc) is 2.70. The van der Waals surface area contributed by atoms with Crippen molar-refractivity contribution in [2.75, 3.05) is 5.75 Å². The topological polar surface area (TPSA) is 54.5 Å². The van der Waals surface area contributed by atoms with E-state index < -0.39 is 21.0 Å². The molecule has 1 amide bonds. The summed E-state index contributed by atoms with van der Waals surface area (Å²) in [7, 11) is -3.54. The van der Waals surface area contributed by atoms with E-state index in [2.05, 4.69) is 0 Å². The van der Waals surface area contributed by atoms with Crippen LogP contribution in [0.1, 0.15) is 16.5 Å². The Morgan fingerprint density at radius 3 is 2.32 bits per heavy atom. The van der Waals surface area contributed by atoms with Crippen LogP contribution >= 0.6 is 11.6 Å². The van der Waals surface area contributed by atoms with E-state index in [1.54, 1.807) is 24.3 Å². The number of hydrogen-bond donors (Lipinski definition) is 0. The largest absolute Gasteiger partial charge is 0.317 e. The summed E-state index contributed by atoms with van der Waals surface area (Å²) in [6.07, 6.45) is 0. The predicted molar refractivity (Wildman–Crippen MR) is 85.0 cm³/mol. The maximum atomic E-state index is 12.4. The molecule has 1 aliphatic rings. The van der Waals surface area contributed by atoms with Crippen LogP contribution in [0.4, 0.5) is 0 Å². The standard InChI is InChI=1S/C16H14ClNO3S/c17-14-8-6-13(7-9-14)16-18(15(19)11-22(16,20)21)10-12-4-2-1-3-5-12/h1-9,16H,10-11H2. The van der Waals surface area contributed by atoms with Crippen molar-refractivity contribution in [1.29, 1.82) is 0 Å². The zero-order valence-corrected chi connectivity index (χ0v) is 13.2. The Morgan fingerprint density at radius 1 is 1.05 bits per heavy atom. The van der Waals surface area contributed by atoms with Gasteiger partial charge in [0.2, 0.25) is 5.91 Å². The third kappa shape index (κ3) is 2.87. The molecule has 0 spiro atoms. The third-order valence-corrected chi connectivity index (χ3v) is 5.73. The second-order valence-corrected chi connectivity index (χ2v) is 7.72. The Hall–Kier alpha value is -1.85. The van der Waals surface area contributed by atoms with Crippen molar-refractivity contribution in [2.24, 2.45) is 0 Å². The summed E-state index contributed by atoms with van der Waals surface area (Å²) < 4.78 is 24.7. The lowest BCUT2D eigenvalue weighted by Gasteiger charge is -2.24. The third-order valence-electron chi connectivity index (χ3n) is 3.62. The van der Waals surface area contributed by atoms with E-state index >= 15 is 0 Å². The van der Waals surface area contributed by atoms with Crippen LogP contribution in [0.2, 0.25) is 5.02 Å². The summed E-state index contributed by atoms with van der Waals surface area (Å²) in [4.78, 5) is 13.6. The van der Waals surface area contributed by atoms with Gasteiger partial charge in [0.1, 0.15) is 5.75 Å². The molecule has 1 heterocycles. The van der Waals surface area contributed by atoms with Crippen molar-refractivity contribution in [1.82, 2.24) is 4.90 Å². The van der Waals surface area contributed by atoms with Crippen LogP contribution in [-0.4, -0.2) is 25.0 Å². The van der Waals surface area contributed by atoms with E-state index in [1.807, 2.05) is 30.3 Å². The van der Waals surface area contributed by atoms with Crippen molar-refractivity contribution in [2.45, 2.75) is 11.9 Å². The SMILES string of the molecule is O=C1CS(=O)(=O)C(c2ccc(Cl)cc2)N1Cc1ccccc1. The van der Waals surface area contributed by atoms with Crippen molar-refractivity contribution in [3.05, 3.63) is 70.7 Å². The Labute approximate surface area is 134 Å². The average molecular weight is 336 g/mol. The molecule has 1 aliphatic heterocycles. The molecular formula is C16H14ClNO3S. The Morgan fingerprint density at radius 2 is 1.68 bits per heavy atom.